The molecule has 3 aromatic rings. The lowest BCUT2D eigenvalue weighted by molar-refractivity contribution is 0.795. The maximum absolute atomic E-state index is 3.53. The van der Waals surface area contributed by atoms with Crippen molar-refractivity contribution in [2.75, 3.05) is 38.0 Å². The highest BCUT2D eigenvalue weighted by Crippen LogP contribution is 2.36. The van der Waals surface area contributed by atoms with E-state index in [0.29, 0.717) is 0 Å². The zero-order chi connectivity index (χ0) is 20.1. The first-order chi connectivity index (χ1) is 13.5. The smallest absolute Gasteiger partial charge is 0.0361 e. The number of unbranched alkanes of at least 4 members (excludes halogenated alkanes) is 1. The number of anilines is 2. The zero-order valence-corrected chi connectivity index (χ0v) is 17.8. The van der Waals surface area contributed by atoms with Gasteiger partial charge < -0.3 is 9.80 Å². The van der Waals surface area contributed by atoms with E-state index in [-0.39, 0.29) is 0 Å². The number of nitrogens with zero attached hydrogens (tertiary/aromatic N) is 2. The van der Waals surface area contributed by atoms with Gasteiger partial charge in [-0.1, -0.05) is 49.7 Å². The van der Waals surface area contributed by atoms with Crippen molar-refractivity contribution in [2.45, 2.75) is 26.2 Å². The number of rotatable bonds is 7. The van der Waals surface area contributed by atoms with Crippen LogP contribution in [0.3, 0.4) is 0 Å². The SMILES string of the molecule is CCCCc1[c]ccc(-c2ccc(N(C)C)cc2)c1-c1ccc(N(C)C)cc1. The fourth-order valence-electron chi connectivity index (χ4n) is 3.53. The Hall–Kier alpha value is -2.74. The first kappa shape index (κ1) is 20.0. The molecule has 0 aliphatic heterocycles. The van der Waals surface area contributed by atoms with E-state index < -0.39 is 0 Å². The van der Waals surface area contributed by atoms with E-state index in [2.05, 4.69) is 112 Å². The average molecular weight is 372 g/mol. The molecule has 0 heterocycles. The summed E-state index contributed by atoms with van der Waals surface area (Å²) in [5, 5.41) is 0. The summed E-state index contributed by atoms with van der Waals surface area (Å²) in [7, 11) is 8.31. The minimum atomic E-state index is 1.06. The van der Waals surface area contributed by atoms with Gasteiger partial charge in [0.15, 0.2) is 0 Å². The molecule has 0 N–H and O–H groups in total. The number of hydrogen-bond donors (Lipinski definition) is 0. The highest BCUT2D eigenvalue weighted by molar-refractivity contribution is 5.86. The Labute approximate surface area is 170 Å². The summed E-state index contributed by atoms with van der Waals surface area (Å²) in [6.45, 7) is 2.25. The molecule has 0 unspecified atom stereocenters. The molecule has 0 aliphatic carbocycles. The lowest BCUT2D eigenvalue weighted by atomic mass is 9.88. The molecule has 0 saturated carbocycles. The van der Waals surface area contributed by atoms with Crippen LogP contribution < -0.4 is 9.80 Å². The zero-order valence-electron chi connectivity index (χ0n) is 17.8. The predicted octanol–water partition coefficient (Wildman–Crippen LogP) is 6.30. The lowest BCUT2D eigenvalue weighted by Gasteiger charge is -2.18. The van der Waals surface area contributed by atoms with E-state index in [0.717, 1.165) is 6.42 Å². The van der Waals surface area contributed by atoms with Crippen LogP contribution in [0.5, 0.6) is 0 Å². The predicted molar refractivity (Wildman–Crippen MR) is 123 cm³/mol. The lowest BCUT2D eigenvalue weighted by Crippen LogP contribution is -2.08. The number of hydrogen-bond acceptors (Lipinski definition) is 2. The van der Waals surface area contributed by atoms with Gasteiger partial charge in [0.05, 0.1) is 0 Å². The maximum Gasteiger partial charge on any atom is 0.0361 e. The summed E-state index contributed by atoms with van der Waals surface area (Å²) < 4.78 is 0. The van der Waals surface area contributed by atoms with Crippen LogP contribution in [0.25, 0.3) is 22.3 Å². The second-order valence-electron chi connectivity index (χ2n) is 7.73. The first-order valence-corrected chi connectivity index (χ1v) is 10.1. The molecule has 0 aliphatic rings. The Bertz CT molecular complexity index is 891. The Morgan fingerprint density at radius 2 is 1.25 bits per heavy atom. The van der Waals surface area contributed by atoms with Gasteiger partial charge in [0.1, 0.15) is 0 Å². The summed E-state index contributed by atoms with van der Waals surface area (Å²) in [6.07, 6.45) is 3.43. The van der Waals surface area contributed by atoms with Crippen molar-refractivity contribution in [1.82, 2.24) is 0 Å². The van der Waals surface area contributed by atoms with Crippen molar-refractivity contribution in [3.8, 4) is 22.3 Å². The standard InChI is InChI=1S/C26H31N2/c1-6-7-9-21-10-8-11-25(20-12-16-23(17-13-20)27(2)3)26(21)22-14-18-24(19-15-22)28(4)5/h8,11-19H,6-7,9H2,1-5H3. The van der Waals surface area contributed by atoms with Crippen LogP contribution >= 0.6 is 0 Å². The van der Waals surface area contributed by atoms with Gasteiger partial charge in [-0.3, -0.25) is 0 Å². The first-order valence-electron chi connectivity index (χ1n) is 10.1. The third-order valence-corrected chi connectivity index (χ3v) is 5.23. The summed E-state index contributed by atoms with van der Waals surface area (Å²) >= 11 is 0. The highest BCUT2D eigenvalue weighted by Gasteiger charge is 2.13. The molecule has 2 nitrogen and oxygen atoms in total. The van der Waals surface area contributed by atoms with Crippen LogP contribution in [0.2, 0.25) is 0 Å². The second kappa shape index (κ2) is 8.97. The molecule has 3 aromatic carbocycles. The summed E-state index contributed by atoms with van der Waals surface area (Å²) in [5.41, 5.74) is 8.87. The minimum absolute atomic E-state index is 1.06. The Kier molecular flexibility index (Phi) is 6.41. The van der Waals surface area contributed by atoms with Gasteiger partial charge in [0, 0.05) is 39.6 Å². The van der Waals surface area contributed by atoms with E-state index in [1.807, 2.05) is 0 Å². The van der Waals surface area contributed by atoms with Crippen molar-refractivity contribution >= 4 is 11.4 Å². The van der Waals surface area contributed by atoms with Gasteiger partial charge in [-0.05, 0) is 71.0 Å². The molecular formula is C26H31N2. The molecule has 28 heavy (non-hydrogen) atoms. The van der Waals surface area contributed by atoms with Gasteiger partial charge in [-0.25, -0.2) is 0 Å². The van der Waals surface area contributed by atoms with Crippen LogP contribution in [-0.4, -0.2) is 28.2 Å². The molecule has 3 rings (SSSR count). The monoisotopic (exact) mass is 371 g/mol. The molecule has 0 amide bonds. The molecule has 0 bridgehead atoms. The van der Waals surface area contributed by atoms with Gasteiger partial charge in [0.25, 0.3) is 0 Å². The van der Waals surface area contributed by atoms with Crippen LogP contribution in [0.15, 0.2) is 60.7 Å². The summed E-state index contributed by atoms with van der Waals surface area (Å²) in [6, 6.07) is 25.5. The largest absolute Gasteiger partial charge is 0.378 e. The van der Waals surface area contributed by atoms with Crippen LogP contribution in [0.1, 0.15) is 25.3 Å². The van der Waals surface area contributed by atoms with E-state index in [1.165, 1.54) is 52.0 Å². The molecule has 0 saturated heterocycles. The van der Waals surface area contributed by atoms with Gasteiger partial charge >= 0.3 is 0 Å². The van der Waals surface area contributed by atoms with Crippen LogP contribution in [0, 0.1) is 6.07 Å². The maximum atomic E-state index is 3.53. The van der Waals surface area contributed by atoms with Gasteiger partial charge in [-0.15, -0.1) is 0 Å². The van der Waals surface area contributed by atoms with E-state index in [9.17, 15) is 0 Å². The fraction of sp³-hybridized carbons (Fsp3) is 0.308. The van der Waals surface area contributed by atoms with Crippen molar-refractivity contribution in [3.05, 3.63) is 72.3 Å². The van der Waals surface area contributed by atoms with Crippen molar-refractivity contribution in [2.24, 2.45) is 0 Å². The van der Waals surface area contributed by atoms with Crippen molar-refractivity contribution < 1.29 is 0 Å². The average Bonchev–Trinajstić information content (AvgIpc) is 2.72. The van der Waals surface area contributed by atoms with E-state index in [4.69, 9.17) is 0 Å². The fourth-order valence-corrected chi connectivity index (χ4v) is 3.53. The Balaban J connectivity index is 2.11. The second-order valence-corrected chi connectivity index (χ2v) is 7.73. The molecule has 1 radical (unpaired) electrons. The molecule has 2 heteroatoms. The topological polar surface area (TPSA) is 6.48 Å². The third-order valence-electron chi connectivity index (χ3n) is 5.23. The molecule has 0 atom stereocenters. The minimum Gasteiger partial charge on any atom is -0.378 e. The van der Waals surface area contributed by atoms with Gasteiger partial charge in [-0.2, -0.15) is 0 Å². The van der Waals surface area contributed by atoms with Crippen LogP contribution in [-0.2, 0) is 6.42 Å². The van der Waals surface area contributed by atoms with E-state index >= 15 is 0 Å². The summed E-state index contributed by atoms with van der Waals surface area (Å²) in [4.78, 5) is 4.27. The van der Waals surface area contributed by atoms with Crippen LogP contribution in [0.4, 0.5) is 11.4 Å². The van der Waals surface area contributed by atoms with Crippen molar-refractivity contribution in [1.29, 1.82) is 0 Å². The Morgan fingerprint density at radius 3 is 1.75 bits per heavy atom. The normalized spacial score (nSPS) is 10.8. The van der Waals surface area contributed by atoms with E-state index in [1.54, 1.807) is 0 Å². The molecular weight excluding hydrogens is 340 g/mol. The Morgan fingerprint density at radius 1 is 0.714 bits per heavy atom. The number of aryl methyl sites for hydroxylation is 1. The molecule has 0 fully saturated rings. The molecule has 0 aromatic heterocycles. The molecule has 0 spiro atoms. The number of benzene rings is 3. The van der Waals surface area contributed by atoms with Crippen molar-refractivity contribution in [3.63, 3.8) is 0 Å². The third kappa shape index (κ3) is 4.39. The quantitative estimate of drug-likeness (QED) is 0.481. The molecule has 145 valence electrons. The van der Waals surface area contributed by atoms with Gasteiger partial charge in [0.2, 0.25) is 0 Å². The highest BCUT2D eigenvalue weighted by atomic mass is 15.1. The summed E-state index contributed by atoms with van der Waals surface area (Å²) in [5.74, 6) is 0.